The molecule has 0 aliphatic heterocycles. The number of ether oxygens (including phenoxy) is 2. The molecule has 6 nitrogen and oxygen atoms in total. The standard InChI is InChI=1S/C20H28N4O2.HI/c1-15(24(2)14-16-8-6-5-7-9-16)13-22-20(21)23-17-10-11-18(25-3)19(12-17)26-4;/h5-12,15H,13-14H2,1-4H3,(H3,21,22,23);1H. The summed E-state index contributed by atoms with van der Waals surface area (Å²) in [7, 11) is 5.29. The molecule has 0 saturated heterocycles. The topological polar surface area (TPSA) is 72.1 Å². The van der Waals surface area contributed by atoms with Crippen molar-refractivity contribution in [1.82, 2.24) is 4.90 Å². The molecule has 0 bridgehead atoms. The lowest BCUT2D eigenvalue weighted by atomic mass is 10.2. The number of hydrogen-bond acceptors (Lipinski definition) is 4. The Bertz CT molecular complexity index is 725. The molecule has 0 aliphatic carbocycles. The number of likely N-dealkylation sites (N-methyl/N-ethyl adjacent to an activating group) is 1. The van der Waals surface area contributed by atoms with Gasteiger partial charge in [-0.1, -0.05) is 30.3 Å². The predicted octanol–water partition coefficient (Wildman–Crippen LogP) is 3.57. The molecular weight excluding hydrogens is 455 g/mol. The third-order valence-electron chi connectivity index (χ3n) is 4.21. The first-order chi connectivity index (χ1) is 12.5. The zero-order valence-electron chi connectivity index (χ0n) is 16.3. The molecule has 0 heterocycles. The van der Waals surface area contributed by atoms with Crippen LogP contribution in [0.15, 0.2) is 53.5 Å². The Hall–Kier alpha value is -2.00. The van der Waals surface area contributed by atoms with Gasteiger partial charge < -0.3 is 20.5 Å². The van der Waals surface area contributed by atoms with Crippen LogP contribution in [0, 0.1) is 0 Å². The molecular formula is C20H29IN4O2. The van der Waals surface area contributed by atoms with E-state index < -0.39 is 0 Å². The third-order valence-corrected chi connectivity index (χ3v) is 4.21. The van der Waals surface area contributed by atoms with Crippen LogP contribution in [0.1, 0.15) is 12.5 Å². The van der Waals surface area contributed by atoms with Gasteiger partial charge >= 0.3 is 0 Å². The van der Waals surface area contributed by atoms with E-state index in [1.165, 1.54) is 5.56 Å². The lowest BCUT2D eigenvalue weighted by Gasteiger charge is -2.23. The van der Waals surface area contributed by atoms with Crippen LogP contribution in [-0.2, 0) is 6.54 Å². The monoisotopic (exact) mass is 484 g/mol. The molecule has 2 rings (SSSR count). The van der Waals surface area contributed by atoms with E-state index in [9.17, 15) is 0 Å². The molecule has 0 spiro atoms. The molecule has 27 heavy (non-hydrogen) atoms. The summed E-state index contributed by atoms with van der Waals surface area (Å²) < 4.78 is 10.5. The van der Waals surface area contributed by atoms with Crippen LogP contribution in [-0.4, -0.2) is 44.7 Å². The average Bonchev–Trinajstić information content (AvgIpc) is 2.66. The number of anilines is 1. The number of halogens is 1. The minimum atomic E-state index is 0. The molecule has 0 aromatic heterocycles. The van der Waals surface area contributed by atoms with E-state index in [1.807, 2.05) is 24.3 Å². The van der Waals surface area contributed by atoms with Gasteiger partial charge in [0.05, 0.1) is 20.8 Å². The van der Waals surface area contributed by atoms with Gasteiger partial charge in [0.15, 0.2) is 17.5 Å². The van der Waals surface area contributed by atoms with E-state index in [1.54, 1.807) is 14.2 Å². The first-order valence-corrected chi connectivity index (χ1v) is 8.56. The van der Waals surface area contributed by atoms with Crippen molar-refractivity contribution in [3.63, 3.8) is 0 Å². The van der Waals surface area contributed by atoms with Crippen LogP contribution in [0.4, 0.5) is 5.69 Å². The molecule has 0 radical (unpaired) electrons. The van der Waals surface area contributed by atoms with Crippen LogP contribution >= 0.6 is 24.0 Å². The van der Waals surface area contributed by atoms with Gasteiger partial charge in [0.1, 0.15) is 0 Å². The second kappa shape index (κ2) is 11.7. The highest BCUT2D eigenvalue weighted by atomic mass is 127. The highest BCUT2D eigenvalue weighted by molar-refractivity contribution is 14.0. The van der Waals surface area contributed by atoms with Gasteiger partial charge in [0.2, 0.25) is 0 Å². The molecule has 0 fully saturated rings. The van der Waals surface area contributed by atoms with Gasteiger partial charge in [-0.25, -0.2) is 0 Å². The number of aliphatic imine (C=N–C) groups is 1. The number of guanidine groups is 1. The maximum atomic E-state index is 6.02. The SMILES string of the molecule is COc1ccc(NC(N)=NCC(C)N(C)Cc2ccccc2)cc1OC.I. The van der Waals surface area contributed by atoms with Gasteiger partial charge in [-0.15, -0.1) is 24.0 Å². The number of nitrogens with one attached hydrogen (secondary N) is 1. The lowest BCUT2D eigenvalue weighted by Crippen LogP contribution is -2.32. The number of nitrogens with zero attached hydrogens (tertiary/aromatic N) is 2. The Labute approximate surface area is 178 Å². The van der Waals surface area contributed by atoms with E-state index in [2.05, 4.69) is 53.4 Å². The van der Waals surface area contributed by atoms with E-state index in [4.69, 9.17) is 15.2 Å². The van der Waals surface area contributed by atoms with E-state index >= 15 is 0 Å². The number of methoxy groups -OCH3 is 2. The van der Waals surface area contributed by atoms with Gasteiger partial charge in [-0.05, 0) is 31.7 Å². The maximum absolute atomic E-state index is 6.02. The third kappa shape index (κ3) is 7.26. The predicted molar refractivity (Wildman–Crippen MR) is 122 cm³/mol. The maximum Gasteiger partial charge on any atom is 0.193 e. The Morgan fingerprint density at radius 2 is 1.78 bits per heavy atom. The molecule has 1 unspecified atom stereocenters. The fourth-order valence-electron chi connectivity index (χ4n) is 2.50. The summed E-state index contributed by atoms with van der Waals surface area (Å²) in [6.45, 7) is 3.62. The van der Waals surface area contributed by atoms with Crippen molar-refractivity contribution in [3.8, 4) is 11.5 Å². The number of rotatable bonds is 8. The second-order valence-electron chi connectivity index (χ2n) is 6.17. The molecule has 148 valence electrons. The summed E-state index contributed by atoms with van der Waals surface area (Å²) >= 11 is 0. The minimum absolute atomic E-state index is 0. The van der Waals surface area contributed by atoms with Crippen LogP contribution in [0.3, 0.4) is 0 Å². The van der Waals surface area contributed by atoms with Crippen molar-refractivity contribution in [2.45, 2.75) is 19.5 Å². The summed E-state index contributed by atoms with van der Waals surface area (Å²) in [5.41, 5.74) is 8.10. The Morgan fingerprint density at radius 1 is 1.11 bits per heavy atom. The largest absolute Gasteiger partial charge is 0.493 e. The van der Waals surface area contributed by atoms with Crippen LogP contribution in [0.2, 0.25) is 0 Å². The van der Waals surface area contributed by atoms with E-state index in [-0.39, 0.29) is 30.0 Å². The summed E-state index contributed by atoms with van der Waals surface area (Å²) in [5, 5.41) is 3.09. The van der Waals surface area contributed by atoms with Gasteiger partial charge in [-0.3, -0.25) is 9.89 Å². The Morgan fingerprint density at radius 3 is 2.41 bits per heavy atom. The van der Waals surface area contributed by atoms with Crippen molar-refractivity contribution in [2.24, 2.45) is 10.7 Å². The molecule has 1 atom stereocenters. The molecule has 0 aliphatic rings. The first kappa shape index (κ1) is 23.0. The smallest absolute Gasteiger partial charge is 0.193 e. The Balaban J connectivity index is 0.00000364. The summed E-state index contributed by atoms with van der Waals surface area (Å²) in [4.78, 5) is 6.70. The van der Waals surface area contributed by atoms with Crippen molar-refractivity contribution in [1.29, 1.82) is 0 Å². The van der Waals surface area contributed by atoms with Crippen molar-refractivity contribution in [2.75, 3.05) is 33.1 Å². The lowest BCUT2D eigenvalue weighted by molar-refractivity contribution is 0.255. The quantitative estimate of drug-likeness (QED) is 0.341. The molecule has 0 saturated carbocycles. The van der Waals surface area contributed by atoms with E-state index in [0.29, 0.717) is 24.0 Å². The van der Waals surface area contributed by atoms with Crippen molar-refractivity contribution < 1.29 is 9.47 Å². The number of nitrogens with two attached hydrogens (primary N) is 1. The first-order valence-electron chi connectivity index (χ1n) is 8.56. The molecule has 2 aromatic carbocycles. The normalized spacial score (nSPS) is 12.3. The zero-order chi connectivity index (χ0) is 18.9. The molecule has 3 N–H and O–H groups in total. The molecule has 7 heteroatoms. The van der Waals surface area contributed by atoms with Crippen LogP contribution in [0.5, 0.6) is 11.5 Å². The van der Waals surface area contributed by atoms with E-state index in [0.717, 1.165) is 12.2 Å². The molecule has 0 amide bonds. The van der Waals surface area contributed by atoms with Gasteiger partial charge in [0, 0.05) is 24.3 Å². The second-order valence-corrected chi connectivity index (χ2v) is 6.17. The summed E-state index contributed by atoms with van der Waals surface area (Å²) in [6, 6.07) is 16.2. The zero-order valence-corrected chi connectivity index (χ0v) is 18.6. The fraction of sp³-hybridized carbons (Fsp3) is 0.350. The number of benzene rings is 2. The van der Waals surface area contributed by atoms with Crippen molar-refractivity contribution >= 4 is 35.6 Å². The Kier molecular flexibility index (Phi) is 9.95. The fourth-order valence-corrected chi connectivity index (χ4v) is 2.50. The summed E-state index contributed by atoms with van der Waals surface area (Å²) in [6.07, 6.45) is 0. The van der Waals surface area contributed by atoms with Crippen LogP contribution in [0.25, 0.3) is 0 Å². The van der Waals surface area contributed by atoms with Crippen LogP contribution < -0.4 is 20.5 Å². The highest BCUT2D eigenvalue weighted by Gasteiger charge is 2.10. The summed E-state index contributed by atoms with van der Waals surface area (Å²) in [5.74, 6) is 1.68. The highest BCUT2D eigenvalue weighted by Crippen LogP contribution is 2.29. The number of hydrogen-bond donors (Lipinski definition) is 2. The van der Waals surface area contributed by atoms with Gasteiger partial charge in [0.25, 0.3) is 0 Å². The van der Waals surface area contributed by atoms with Crippen molar-refractivity contribution in [3.05, 3.63) is 54.1 Å². The minimum Gasteiger partial charge on any atom is -0.493 e. The van der Waals surface area contributed by atoms with Gasteiger partial charge in [-0.2, -0.15) is 0 Å². The molecule has 2 aromatic rings. The average molecular weight is 484 g/mol.